The zero-order valence-electron chi connectivity index (χ0n) is 11.4. The average molecular weight is 265 g/mol. The summed E-state index contributed by atoms with van der Waals surface area (Å²) in [5, 5.41) is 0.967. The van der Waals surface area contributed by atoms with Gasteiger partial charge in [0.25, 0.3) is 0 Å². The Hall–Kier alpha value is -2.69. The molecule has 0 aliphatic heterocycles. The smallest absolute Gasteiger partial charge is 0.221 e. The van der Waals surface area contributed by atoms with Gasteiger partial charge in [-0.3, -0.25) is 4.98 Å². The predicted octanol–water partition coefficient (Wildman–Crippen LogP) is 2.80. The third-order valence-electron chi connectivity index (χ3n) is 3.33. The van der Waals surface area contributed by atoms with Gasteiger partial charge in [0.15, 0.2) is 0 Å². The lowest BCUT2D eigenvalue weighted by molar-refractivity contribution is 1.22. The van der Waals surface area contributed by atoms with Gasteiger partial charge in [-0.05, 0) is 42.7 Å². The molecular weight excluding hydrogens is 250 g/mol. The van der Waals surface area contributed by atoms with Crippen LogP contribution in [0, 0.1) is 6.92 Å². The normalized spacial score (nSPS) is 12.0. The maximum absolute atomic E-state index is 5.59. The second kappa shape index (κ2) is 4.77. The van der Waals surface area contributed by atoms with E-state index in [0.29, 0.717) is 0 Å². The first-order chi connectivity index (χ1) is 9.65. The third kappa shape index (κ3) is 2.14. The molecule has 0 radical (unpaired) electrons. The van der Waals surface area contributed by atoms with E-state index in [1.165, 1.54) is 5.56 Å². The number of hydrogen-bond acceptors (Lipinski definition) is 4. The van der Waals surface area contributed by atoms with Crippen molar-refractivity contribution in [3.63, 3.8) is 0 Å². The van der Waals surface area contributed by atoms with Crippen molar-refractivity contribution in [2.24, 2.45) is 0 Å². The molecule has 0 saturated carbocycles. The Kier molecular flexibility index (Phi) is 2.95. The Balaban J connectivity index is 2.09. The molecule has 5 heteroatoms. The minimum absolute atomic E-state index is 0.274. The van der Waals surface area contributed by atoms with Crippen molar-refractivity contribution < 1.29 is 0 Å². The summed E-state index contributed by atoms with van der Waals surface area (Å²) in [4.78, 5) is 15.5. The molecule has 0 spiro atoms. The quantitative estimate of drug-likeness (QED) is 0.746. The summed E-state index contributed by atoms with van der Waals surface area (Å²) in [6.45, 7) is 4.13. The highest BCUT2D eigenvalue weighted by atomic mass is 15.0. The van der Waals surface area contributed by atoms with Crippen LogP contribution in [0.5, 0.6) is 0 Å². The Morgan fingerprint density at radius 1 is 1.35 bits per heavy atom. The number of hydrogen-bond donors (Lipinski definition) is 2. The molecule has 3 aromatic heterocycles. The van der Waals surface area contributed by atoms with Crippen molar-refractivity contribution in [2.75, 3.05) is 5.73 Å². The van der Waals surface area contributed by atoms with Crippen molar-refractivity contribution in [3.8, 4) is 0 Å². The van der Waals surface area contributed by atoms with Gasteiger partial charge >= 0.3 is 0 Å². The SMILES string of the molecule is C/C(=C\c1cnccc1C)c1c[nH]c2nc(N)ncc12. The van der Waals surface area contributed by atoms with Crippen molar-refractivity contribution in [3.05, 3.63) is 47.5 Å². The molecule has 0 aromatic carbocycles. The number of aromatic amines is 1. The fourth-order valence-corrected chi connectivity index (χ4v) is 2.19. The molecule has 0 unspecified atom stereocenters. The number of nitrogens with one attached hydrogen (secondary N) is 1. The molecule has 3 N–H and O–H groups in total. The first kappa shape index (κ1) is 12.3. The zero-order chi connectivity index (χ0) is 14.1. The van der Waals surface area contributed by atoms with Crippen LogP contribution in [0.3, 0.4) is 0 Å². The summed E-state index contributed by atoms with van der Waals surface area (Å²) in [6, 6.07) is 2.00. The highest BCUT2D eigenvalue weighted by Gasteiger charge is 2.08. The Labute approximate surface area is 116 Å². The van der Waals surface area contributed by atoms with Gasteiger partial charge in [0.2, 0.25) is 5.95 Å². The Bertz CT molecular complexity index is 801. The number of anilines is 1. The van der Waals surface area contributed by atoms with Crippen LogP contribution >= 0.6 is 0 Å². The zero-order valence-corrected chi connectivity index (χ0v) is 11.4. The standard InChI is InChI=1S/C15H15N5/c1-9-3-4-17-6-11(9)5-10(2)12-7-18-14-13(12)8-19-15(16)20-14/h3-8H,1-2H3,(H3,16,18,19,20)/b10-5+. The highest BCUT2D eigenvalue weighted by Crippen LogP contribution is 2.25. The van der Waals surface area contributed by atoms with E-state index < -0.39 is 0 Å². The molecule has 0 atom stereocenters. The van der Waals surface area contributed by atoms with Gasteiger partial charge in [-0.25, -0.2) is 4.98 Å². The lowest BCUT2D eigenvalue weighted by Gasteiger charge is -2.02. The van der Waals surface area contributed by atoms with Crippen LogP contribution in [0.25, 0.3) is 22.7 Å². The summed E-state index contributed by atoms with van der Waals surface area (Å²) in [7, 11) is 0. The second-order valence-electron chi connectivity index (χ2n) is 4.75. The first-order valence-corrected chi connectivity index (χ1v) is 6.34. The average Bonchev–Trinajstić information content (AvgIpc) is 2.84. The number of fused-ring (bicyclic) bond motifs is 1. The van der Waals surface area contributed by atoms with Gasteiger partial charge < -0.3 is 10.7 Å². The van der Waals surface area contributed by atoms with Crippen LogP contribution in [-0.4, -0.2) is 19.9 Å². The number of nitrogens with zero attached hydrogens (tertiary/aromatic N) is 3. The number of rotatable bonds is 2. The van der Waals surface area contributed by atoms with Crippen molar-refractivity contribution in [1.29, 1.82) is 0 Å². The molecule has 3 rings (SSSR count). The Morgan fingerprint density at radius 2 is 2.20 bits per heavy atom. The monoisotopic (exact) mass is 265 g/mol. The first-order valence-electron chi connectivity index (χ1n) is 6.34. The summed E-state index contributed by atoms with van der Waals surface area (Å²) < 4.78 is 0. The molecule has 20 heavy (non-hydrogen) atoms. The van der Waals surface area contributed by atoms with Crippen molar-refractivity contribution in [2.45, 2.75) is 13.8 Å². The molecule has 0 aliphatic rings. The summed E-state index contributed by atoms with van der Waals surface area (Å²) in [6.07, 6.45) is 9.45. The number of nitrogen functional groups attached to an aromatic ring is 1. The van der Waals surface area contributed by atoms with E-state index in [-0.39, 0.29) is 5.95 Å². The van der Waals surface area contributed by atoms with Gasteiger partial charge in [0.05, 0.1) is 0 Å². The molecule has 100 valence electrons. The maximum Gasteiger partial charge on any atom is 0.221 e. The molecule has 0 amide bonds. The van der Waals surface area contributed by atoms with E-state index >= 15 is 0 Å². The van der Waals surface area contributed by atoms with Gasteiger partial charge in [-0.2, -0.15) is 4.98 Å². The third-order valence-corrected chi connectivity index (χ3v) is 3.33. The predicted molar refractivity (Wildman–Crippen MR) is 80.8 cm³/mol. The Morgan fingerprint density at radius 3 is 3.00 bits per heavy atom. The molecule has 3 aromatic rings. The minimum atomic E-state index is 0.274. The number of H-pyrrole nitrogens is 1. The summed E-state index contributed by atoms with van der Waals surface area (Å²) >= 11 is 0. The van der Waals surface area contributed by atoms with Crippen LogP contribution < -0.4 is 5.73 Å². The largest absolute Gasteiger partial charge is 0.368 e. The van der Waals surface area contributed by atoms with E-state index in [2.05, 4.69) is 39.9 Å². The van der Waals surface area contributed by atoms with Crippen LogP contribution in [0.1, 0.15) is 23.6 Å². The maximum atomic E-state index is 5.59. The topological polar surface area (TPSA) is 80.5 Å². The van der Waals surface area contributed by atoms with Gasteiger partial charge in [0.1, 0.15) is 5.65 Å². The molecule has 0 fully saturated rings. The van der Waals surface area contributed by atoms with E-state index in [1.807, 2.05) is 18.5 Å². The van der Waals surface area contributed by atoms with Crippen LogP contribution in [-0.2, 0) is 0 Å². The van der Waals surface area contributed by atoms with E-state index in [9.17, 15) is 0 Å². The molecule has 0 aliphatic carbocycles. The highest BCUT2D eigenvalue weighted by molar-refractivity contribution is 5.94. The second-order valence-corrected chi connectivity index (χ2v) is 4.75. The summed E-state index contributed by atoms with van der Waals surface area (Å²) in [5.74, 6) is 0.274. The molecular formula is C15H15N5. The molecule has 5 nitrogen and oxygen atoms in total. The lowest BCUT2D eigenvalue weighted by atomic mass is 10.0. The van der Waals surface area contributed by atoms with Gasteiger partial charge in [-0.15, -0.1) is 0 Å². The number of pyridine rings is 1. The fourth-order valence-electron chi connectivity index (χ4n) is 2.19. The van der Waals surface area contributed by atoms with Crippen molar-refractivity contribution >= 4 is 28.6 Å². The van der Waals surface area contributed by atoms with E-state index in [4.69, 9.17) is 5.73 Å². The number of aromatic nitrogens is 4. The van der Waals surface area contributed by atoms with Crippen LogP contribution in [0.15, 0.2) is 30.9 Å². The summed E-state index contributed by atoms with van der Waals surface area (Å²) in [5.41, 5.74) is 10.8. The molecule has 0 saturated heterocycles. The minimum Gasteiger partial charge on any atom is -0.368 e. The molecule has 0 bridgehead atoms. The van der Waals surface area contributed by atoms with E-state index in [0.717, 1.165) is 27.7 Å². The number of allylic oxidation sites excluding steroid dienone is 1. The van der Waals surface area contributed by atoms with Crippen molar-refractivity contribution in [1.82, 2.24) is 19.9 Å². The lowest BCUT2D eigenvalue weighted by Crippen LogP contribution is -1.93. The number of aryl methyl sites for hydroxylation is 1. The molecule has 3 heterocycles. The fraction of sp³-hybridized carbons (Fsp3) is 0.133. The van der Waals surface area contributed by atoms with E-state index in [1.54, 1.807) is 12.4 Å². The number of nitrogens with two attached hydrogens (primary N) is 1. The van der Waals surface area contributed by atoms with Crippen LogP contribution in [0.4, 0.5) is 5.95 Å². The van der Waals surface area contributed by atoms with Gasteiger partial charge in [-0.1, -0.05) is 0 Å². The van der Waals surface area contributed by atoms with Crippen LogP contribution in [0.2, 0.25) is 0 Å². The van der Waals surface area contributed by atoms with Gasteiger partial charge in [0, 0.05) is 35.7 Å².